The molecule has 1 aliphatic heterocycles. The molecular weight excluding hydrogens is 312 g/mol. The molecule has 1 aromatic carbocycles. The van der Waals surface area contributed by atoms with Gasteiger partial charge in [0.1, 0.15) is 5.25 Å². The molecule has 0 aliphatic carbocycles. The summed E-state index contributed by atoms with van der Waals surface area (Å²) in [6, 6.07) is 7.46. The second kappa shape index (κ2) is 5.59. The maximum Gasteiger partial charge on any atom is 0.224 e. The minimum absolute atomic E-state index is 0.0372. The van der Waals surface area contributed by atoms with Crippen LogP contribution in [0.15, 0.2) is 24.3 Å². The fraction of sp³-hybridized carbons (Fsp3) is 0.500. The molecule has 1 aliphatic rings. The van der Waals surface area contributed by atoms with Gasteiger partial charge in [0, 0.05) is 29.9 Å². The largest absolute Gasteiger partial charge is 0.340 e. The number of nitrogens with zero attached hydrogens (tertiary/aromatic N) is 1. The van der Waals surface area contributed by atoms with Crippen molar-refractivity contribution in [2.24, 2.45) is 5.14 Å². The average molecular weight is 331 g/mol. The Balaban J connectivity index is 2.16. The minimum Gasteiger partial charge on any atom is -0.340 e. The van der Waals surface area contributed by atoms with E-state index in [0.717, 1.165) is 5.56 Å². The van der Waals surface area contributed by atoms with Crippen molar-refractivity contribution in [1.82, 2.24) is 4.90 Å². The van der Waals surface area contributed by atoms with E-state index in [2.05, 4.69) is 0 Å². The molecule has 1 amide bonds. The SMILES string of the molecule is CC(C)(CN1CC(S(N)(=O)=O)CC1=O)c1cccc(Cl)c1. The first-order valence-corrected chi connectivity index (χ1v) is 8.64. The van der Waals surface area contributed by atoms with Gasteiger partial charge in [-0.3, -0.25) is 4.79 Å². The second-order valence-corrected chi connectivity index (χ2v) is 8.36. The number of hydrogen-bond acceptors (Lipinski definition) is 3. The molecule has 1 aromatic rings. The van der Waals surface area contributed by atoms with Gasteiger partial charge in [-0.2, -0.15) is 0 Å². The number of benzene rings is 1. The van der Waals surface area contributed by atoms with Crippen LogP contribution < -0.4 is 5.14 Å². The third-order valence-corrected chi connectivity index (χ3v) is 5.32. The molecule has 1 heterocycles. The van der Waals surface area contributed by atoms with E-state index in [1.807, 2.05) is 32.0 Å². The number of carbonyl (C=O) groups is 1. The summed E-state index contributed by atoms with van der Waals surface area (Å²) in [7, 11) is -3.68. The van der Waals surface area contributed by atoms with Crippen LogP contribution >= 0.6 is 11.6 Å². The van der Waals surface area contributed by atoms with Crippen LogP contribution in [0.25, 0.3) is 0 Å². The molecule has 0 bridgehead atoms. The van der Waals surface area contributed by atoms with E-state index in [9.17, 15) is 13.2 Å². The Morgan fingerprint density at radius 3 is 2.62 bits per heavy atom. The van der Waals surface area contributed by atoms with E-state index < -0.39 is 15.3 Å². The molecule has 5 nitrogen and oxygen atoms in total. The topological polar surface area (TPSA) is 80.5 Å². The zero-order valence-electron chi connectivity index (χ0n) is 12.0. The quantitative estimate of drug-likeness (QED) is 0.908. The molecule has 21 heavy (non-hydrogen) atoms. The summed E-state index contributed by atoms with van der Waals surface area (Å²) in [6.45, 7) is 4.58. The van der Waals surface area contributed by atoms with E-state index >= 15 is 0 Å². The lowest BCUT2D eigenvalue weighted by molar-refractivity contribution is -0.128. The van der Waals surface area contributed by atoms with Gasteiger partial charge >= 0.3 is 0 Å². The molecule has 2 rings (SSSR count). The summed E-state index contributed by atoms with van der Waals surface area (Å²) >= 11 is 6.00. The smallest absolute Gasteiger partial charge is 0.224 e. The maximum absolute atomic E-state index is 12.0. The zero-order chi connectivity index (χ0) is 15.8. The third-order valence-electron chi connectivity index (χ3n) is 3.84. The van der Waals surface area contributed by atoms with E-state index in [4.69, 9.17) is 16.7 Å². The second-order valence-electron chi connectivity index (χ2n) is 6.08. The number of carbonyl (C=O) groups excluding carboxylic acids is 1. The molecule has 0 saturated carbocycles. The van der Waals surface area contributed by atoms with Crippen molar-refractivity contribution in [1.29, 1.82) is 0 Å². The number of hydrogen-bond donors (Lipinski definition) is 1. The molecule has 2 N–H and O–H groups in total. The minimum atomic E-state index is -3.68. The Bertz CT molecular complexity index is 658. The van der Waals surface area contributed by atoms with Gasteiger partial charge in [0.05, 0.1) is 0 Å². The number of rotatable bonds is 4. The number of sulfonamides is 1. The molecule has 0 radical (unpaired) electrons. The van der Waals surface area contributed by atoms with E-state index in [0.29, 0.717) is 11.6 Å². The Morgan fingerprint density at radius 1 is 1.43 bits per heavy atom. The van der Waals surface area contributed by atoms with Crippen molar-refractivity contribution in [3.05, 3.63) is 34.9 Å². The van der Waals surface area contributed by atoms with Crippen LogP contribution in [0.2, 0.25) is 5.02 Å². The van der Waals surface area contributed by atoms with Gasteiger partial charge in [0.25, 0.3) is 0 Å². The van der Waals surface area contributed by atoms with Crippen LogP contribution in [0.1, 0.15) is 25.8 Å². The zero-order valence-corrected chi connectivity index (χ0v) is 13.6. The highest BCUT2D eigenvalue weighted by Gasteiger charge is 2.38. The highest BCUT2D eigenvalue weighted by atomic mass is 35.5. The van der Waals surface area contributed by atoms with Crippen molar-refractivity contribution < 1.29 is 13.2 Å². The predicted octanol–water partition coefficient (Wildman–Crippen LogP) is 1.51. The van der Waals surface area contributed by atoms with Gasteiger partial charge in [-0.25, -0.2) is 13.6 Å². The first-order valence-electron chi connectivity index (χ1n) is 6.65. The predicted molar refractivity (Wildman–Crippen MR) is 82.6 cm³/mol. The van der Waals surface area contributed by atoms with Crippen LogP contribution in [0.4, 0.5) is 0 Å². The van der Waals surface area contributed by atoms with Crippen LogP contribution in [-0.2, 0) is 20.2 Å². The molecule has 1 fully saturated rings. The monoisotopic (exact) mass is 330 g/mol. The summed E-state index contributed by atoms with van der Waals surface area (Å²) in [5, 5.41) is 4.97. The molecule has 0 aromatic heterocycles. The molecular formula is C14H19ClN2O3S. The fourth-order valence-corrected chi connectivity index (χ4v) is 3.54. The summed E-state index contributed by atoms with van der Waals surface area (Å²) < 4.78 is 22.8. The molecule has 7 heteroatoms. The van der Waals surface area contributed by atoms with Crippen molar-refractivity contribution in [2.75, 3.05) is 13.1 Å². The number of nitrogens with two attached hydrogens (primary N) is 1. The summed E-state index contributed by atoms with van der Waals surface area (Å²) in [5.41, 5.74) is 0.676. The van der Waals surface area contributed by atoms with Gasteiger partial charge < -0.3 is 4.90 Å². The van der Waals surface area contributed by atoms with E-state index in [1.54, 1.807) is 11.0 Å². The maximum atomic E-state index is 12.0. The van der Waals surface area contributed by atoms with Crippen molar-refractivity contribution >= 4 is 27.5 Å². The summed E-state index contributed by atoms with van der Waals surface area (Å²) in [6.07, 6.45) is -0.0372. The summed E-state index contributed by atoms with van der Waals surface area (Å²) in [4.78, 5) is 13.6. The van der Waals surface area contributed by atoms with Gasteiger partial charge in [-0.1, -0.05) is 37.6 Å². The van der Waals surface area contributed by atoms with Crippen molar-refractivity contribution in [2.45, 2.75) is 30.9 Å². The van der Waals surface area contributed by atoms with Crippen LogP contribution in [0.3, 0.4) is 0 Å². The van der Waals surface area contributed by atoms with Crippen LogP contribution in [-0.4, -0.2) is 37.6 Å². The van der Waals surface area contributed by atoms with Gasteiger partial charge in [0.2, 0.25) is 15.9 Å². The van der Waals surface area contributed by atoms with Gasteiger partial charge in [-0.15, -0.1) is 0 Å². The van der Waals surface area contributed by atoms with Crippen molar-refractivity contribution in [3.63, 3.8) is 0 Å². The highest BCUT2D eigenvalue weighted by molar-refractivity contribution is 7.89. The standard InChI is InChI=1S/C14H19ClN2O3S/c1-14(2,10-4-3-5-11(15)6-10)9-17-8-12(7-13(17)18)21(16,19)20/h3-6,12H,7-9H2,1-2H3,(H2,16,19,20). The van der Waals surface area contributed by atoms with Crippen LogP contribution in [0.5, 0.6) is 0 Å². The van der Waals surface area contributed by atoms with Crippen LogP contribution in [0, 0.1) is 0 Å². The van der Waals surface area contributed by atoms with E-state index in [-0.39, 0.29) is 24.3 Å². The molecule has 0 spiro atoms. The molecule has 1 saturated heterocycles. The lowest BCUT2D eigenvalue weighted by Gasteiger charge is -2.31. The first kappa shape index (κ1) is 16.3. The fourth-order valence-electron chi connectivity index (χ4n) is 2.59. The Morgan fingerprint density at radius 2 is 2.10 bits per heavy atom. The lowest BCUT2D eigenvalue weighted by Crippen LogP contribution is -2.39. The Kier molecular flexibility index (Phi) is 4.33. The van der Waals surface area contributed by atoms with Crippen molar-refractivity contribution in [3.8, 4) is 0 Å². The van der Waals surface area contributed by atoms with Gasteiger partial charge in [0.15, 0.2) is 0 Å². The third kappa shape index (κ3) is 3.75. The molecule has 1 atom stereocenters. The highest BCUT2D eigenvalue weighted by Crippen LogP contribution is 2.29. The summed E-state index contributed by atoms with van der Waals surface area (Å²) in [5.74, 6) is -0.177. The average Bonchev–Trinajstić information content (AvgIpc) is 2.70. The number of likely N-dealkylation sites (tertiary alicyclic amines) is 1. The molecule has 116 valence electrons. The first-order chi connectivity index (χ1) is 9.59. The Hall–Kier alpha value is -1.11. The lowest BCUT2D eigenvalue weighted by atomic mass is 9.84. The number of amides is 1. The Labute approximate surface area is 130 Å². The molecule has 1 unspecified atom stereocenters. The normalized spacial score (nSPS) is 20.1. The number of primary sulfonamides is 1. The number of halogens is 1. The van der Waals surface area contributed by atoms with E-state index in [1.165, 1.54) is 0 Å². The van der Waals surface area contributed by atoms with Gasteiger partial charge in [-0.05, 0) is 17.7 Å².